The van der Waals surface area contributed by atoms with Gasteiger partial charge in [-0.1, -0.05) is 146 Å². The SMILES string of the molecule is c1ccc2c(c1)ccc1nc(-n3c4ccc5ccccc5c4c4c5c6ccccc6c6ccccc6c5ccc43)nc(-c3cccc4oc5ccccc5c34)c12. The minimum Gasteiger partial charge on any atom is -0.456 e. The first kappa shape index (κ1) is 29.8. The zero-order valence-corrected chi connectivity index (χ0v) is 30.0. The minimum absolute atomic E-state index is 0.632. The van der Waals surface area contributed by atoms with Crippen LogP contribution in [0.15, 0.2) is 180 Å². The van der Waals surface area contributed by atoms with Crippen LogP contribution in [0.3, 0.4) is 0 Å². The predicted octanol–water partition coefficient (Wildman–Crippen LogP) is 14.1. The summed E-state index contributed by atoms with van der Waals surface area (Å²) in [5, 5.41) is 17.7. The molecule has 4 nitrogen and oxygen atoms in total. The Balaban J connectivity index is 1.25. The third kappa shape index (κ3) is 3.92. The molecule has 0 fully saturated rings. The molecule has 56 heavy (non-hydrogen) atoms. The van der Waals surface area contributed by atoms with Gasteiger partial charge in [-0.2, -0.15) is 0 Å². The Kier molecular flexibility index (Phi) is 5.86. The van der Waals surface area contributed by atoms with E-state index in [1.807, 2.05) is 12.1 Å². The number of hydrogen-bond acceptors (Lipinski definition) is 3. The van der Waals surface area contributed by atoms with Crippen molar-refractivity contribution in [3.63, 3.8) is 0 Å². The summed E-state index contributed by atoms with van der Waals surface area (Å²) in [4.78, 5) is 11.2. The lowest BCUT2D eigenvalue weighted by Gasteiger charge is -2.15. The number of hydrogen-bond donors (Lipinski definition) is 0. The van der Waals surface area contributed by atoms with Gasteiger partial charge in [-0.05, 0) is 78.8 Å². The van der Waals surface area contributed by atoms with Crippen molar-refractivity contribution in [3.05, 3.63) is 176 Å². The summed E-state index contributed by atoms with van der Waals surface area (Å²) < 4.78 is 8.73. The quantitative estimate of drug-likeness (QED) is 0.168. The Morgan fingerprint density at radius 1 is 0.339 bits per heavy atom. The molecule has 0 bridgehead atoms. The molecule has 13 aromatic rings. The van der Waals surface area contributed by atoms with E-state index < -0.39 is 0 Å². The van der Waals surface area contributed by atoms with Gasteiger partial charge in [-0.25, -0.2) is 9.97 Å². The molecule has 0 atom stereocenters. The normalized spacial score (nSPS) is 12.3. The molecule has 0 radical (unpaired) electrons. The van der Waals surface area contributed by atoms with Gasteiger partial charge >= 0.3 is 0 Å². The second kappa shape index (κ2) is 11.0. The molecule has 258 valence electrons. The number of rotatable bonds is 2. The number of nitrogens with zero attached hydrogens (tertiary/aromatic N) is 3. The highest BCUT2D eigenvalue weighted by Crippen LogP contribution is 2.46. The van der Waals surface area contributed by atoms with Crippen LogP contribution in [0, 0.1) is 0 Å². The molecule has 0 aliphatic rings. The largest absolute Gasteiger partial charge is 0.456 e. The second-order valence-electron chi connectivity index (χ2n) is 14.8. The number of fused-ring (bicyclic) bond motifs is 18. The van der Waals surface area contributed by atoms with Crippen LogP contribution < -0.4 is 0 Å². The summed E-state index contributed by atoms with van der Waals surface area (Å²) >= 11 is 0. The van der Waals surface area contributed by atoms with Crippen LogP contribution in [-0.4, -0.2) is 14.5 Å². The lowest BCUT2D eigenvalue weighted by atomic mass is 9.91. The Labute approximate surface area is 319 Å². The highest BCUT2D eigenvalue weighted by atomic mass is 16.3. The Morgan fingerprint density at radius 3 is 1.66 bits per heavy atom. The summed E-state index contributed by atoms with van der Waals surface area (Å²) in [6, 6.07) is 62.9. The fourth-order valence-electron chi connectivity index (χ4n) is 9.64. The van der Waals surface area contributed by atoms with Gasteiger partial charge in [0.2, 0.25) is 5.95 Å². The van der Waals surface area contributed by atoms with Crippen LogP contribution in [0.25, 0.3) is 126 Å². The molecular formula is C52H29N3O. The number of aromatic nitrogens is 3. The highest BCUT2D eigenvalue weighted by molar-refractivity contribution is 6.37. The summed E-state index contributed by atoms with van der Waals surface area (Å²) in [7, 11) is 0. The zero-order valence-electron chi connectivity index (χ0n) is 30.0. The van der Waals surface area contributed by atoms with Gasteiger partial charge in [-0.3, -0.25) is 4.57 Å². The summed E-state index contributed by atoms with van der Waals surface area (Å²) in [6.07, 6.45) is 0. The topological polar surface area (TPSA) is 43.9 Å². The molecule has 0 unspecified atom stereocenters. The van der Waals surface area contributed by atoms with Gasteiger partial charge in [0.05, 0.1) is 22.2 Å². The molecule has 3 aromatic heterocycles. The van der Waals surface area contributed by atoms with Crippen molar-refractivity contribution >= 4 is 109 Å². The third-order valence-electron chi connectivity index (χ3n) is 12.0. The predicted molar refractivity (Wildman–Crippen MR) is 234 cm³/mol. The number of benzene rings is 10. The van der Waals surface area contributed by atoms with Crippen LogP contribution >= 0.6 is 0 Å². The lowest BCUT2D eigenvalue weighted by Crippen LogP contribution is -2.04. The van der Waals surface area contributed by atoms with Gasteiger partial charge in [0.25, 0.3) is 0 Å². The zero-order chi connectivity index (χ0) is 36.5. The molecule has 13 rings (SSSR count). The Hall–Kier alpha value is -7.56. The van der Waals surface area contributed by atoms with Crippen LogP contribution in [0.2, 0.25) is 0 Å². The fraction of sp³-hybridized carbons (Fsp3) is 0. The monoisotopic (exact) mass is 711 g/mol. The van der Waals surface area contributed by atoms with E-state index in [0.29, 0.717) is 5.95 Å². The molecule has 0 saturated carbocycles. The molecule has 0 aliphatic carbocycles. The summed E-state index contributed by atoms with van der Waals surface area (Å²) in [5.41, 5.74) is 6.63. The molecule has 0 spiro atoms. The molecule has 0 N–H and O–H groups in total. The fourth-order valence-corrected chi connectivity index (χ4v) is 9.64. The standard InChI is InChI=1S/C52H29N3O/c1-3-14-32-30(12-1)24-27-41-48(32)51(40-21-11-23-45-46(40)39-20-9-10-22-44(39)56-45)54-52(53-41)55-42-28-25-31-13-2-4-15-33(31)49(42)50-43(55)29-26-38-36-18-6-5-16-34(36)35-17-7-8-19-37(35)47(38)50/h1-29H. The third-order valence-corrected chi connectivity index (χ3v) is 12.0. The van der Waals surface area contributed by atoms with E-state index in [2.05, 4.69) is 168 Å². The van der Waals surface area contributed by atoms with Crippen molar-refractivity contribution in [2.45, 2.75) is 0 Å². The molecular weight excluding hydrogens is 683 g/mol. The number of furan rings is 1. The second-order valence-corrected chi connectivity index (χ2v) is 14.8. The first-order valence-corrected chi connectivity index (χ1v) is 19.1. The molecule has 10 aromatic carbocycles. The van der Waals surface area contributed by atoms with Crippen LogP contribution in [0.5, 0.6) is 0 Å². The van der Waals surface area contributed by atoms with E-state index in [1.54, 1.807) is 0 Å². The van der Waals surface area contributed by atoms with Crippen molar-refractivity contribution in [2.24, 2.45) is 0 Å². The highest BCUT2D eigenvalue weighted by Gasteiger charge is 2.24. The van der Waals surface area contributed by atoms with Gasteiger partial charge < -0.3 is 4.42 Å². The molecule has 4 heteroatoms. The van der Waals surface area contributed by atoms with Crippen LogP contribution in [0.4, 0.5) is 0 Å². The maximum Gasteiger partial charge on any atom is 0.235 e. The lowest BCUT2D eigenvalue weighted by molar-refractivity contribution is 0.669. The van der Waals surface area contributed by atoms with Crippen molar-refractivity contribution in [3.8, 4) is 17.2 Å². The van der Waals surface area contributed by atoms with Crippen LogP contribution in [-0.2, 0) is 0 Å². The summed E-state index contributed by atoms with van der Waals surface area (Å²) in [6.45, 7) is 0. The first-order valence-electron chi connectivity index (χ1n) is 19.1. The molecule has 0 amide bonds. The Morgan fingerprint density at radius 2 is 0.893 bits per heavy atom. The smallest absolute Gasteiger partial charge is 0.235 e. The van der Waals surface area contributed by atoms with E-state index in [1.165, 1.54) is 53.9 Å². The first-order chi connectivity index (χ1) is 27.8. The van der Waals surface area contributed by atoms with Crippen molar-refractivity contribution in [1.29, 1.82) is 0 Å². The average Bonchev–Trinajstić information content (AvgIpc) is 3.82. The van der Waals surface area contributed by atoms with E-state index in [9.17, 15) is 0 Å². The van der Waals surface area contributed by atoms with E-state index >= 15 is 0 Å². The minimum atomic E-state index is 0.632. The van der Waals surface area contributed by atoms with Crippen molar-refractivity contribution in [2.75, 3.05) is 0 Å². The van der Waals surface area contributed by atoms with Gasteiger partial charge in [0.15, 0.2) is 0 Å². The molecule has 0 saturated heterocycles. The average molecular weight is 712 g/mol. The van der Waals surface area contributed by atoms with Crippen LogP contribution in [0.1, 0.15) is 0 Å². The Bertz CT molecular complexity index is 3800. The maximum atomic E-state index is 6.43. The van der Waals surface area contributed by atoms with E-state index in [0.717, 1.165) is 65.9 Å². The van der Waals surface area contributed by atoms with Gasteiger partial charge in [0.1, 0.15) is 11.2 Å². The molecule has 3 heterocycles. The van der Waals surface area contributed by atoms with Gasteiger partial charge in [-0.15, -0.1) is 0 Å². The van der Waals surface area contributed by atoms with E-state index in [-0.39, 0.29) is 0 Å². The maximum absolute atomic E-state index is 6.43. The molecule has 0 aliphatic heterocycles. The number of para-hydroxylation sites is 1. The summed E-state index contributed by atoms with van der Waals surface area (Å²) in [5.74, 6) is 0.632. The van der Waals surface area contributed by atoms with Crippen molar-refractivity contribution in [1.82, 2.24) is 14.5 Å². The van der Waals surface area contributed by atoms with Gasteiger partial charge in [0, 0.05) is 37.9 Å². The van der Waals surface area contributed by atoms with E-state index in [4.69, 9.17) is 14.4 Å². The van der Waals surface area contributed by atoms with Crippen molar-refractivity contribution < 1.29 is 4.42 Å².